The summed E-state index contributed by atoms with van der Waals surface area (Å²) in [7, 11) is 0. The van der Waals surface area contributed by atoms with Gasteiger partial charge in [0.2, 0.25) is 5.91 Å². The SMILES string of the molecule is O=C(CC1CC(c2ccc(O)cc2)=NO1)NCc1ccccc1. The van der Waals surface area contributed by atoms with Gasteiger partial charge >= 0.3 is 0 Å². The number of oxime groups is 1. The van der Waals surface area contributed by atoms with Gasteiger partial charge in [-0.15, -0.1) is 0 Å². The van der Waals surface area contributed by atoms with Gasteiger partial charge in [-0.05, 0) is 35.4 Å². The first-order valence-electron chi connectivity index (χ1n) is 7.53. The molecule has 1 aliphatic heterocycles. The average molecular weight is 310 g/mol. The van der Waals surface area contributed by atoms with Crippen molar-refractivity contribution in [1.82, 2.24) is 5.32 Å². The second kappa shape index (κ2) is 6.96. The lowest BCUT2D eigenvalue weighted by Crippen LogP contribution is -2.27. The summed E-state index contributed by atoms with van der Waals surface area (Å²) in [5.41, 5.74) is 2.76. The van der Waals surface area contributed by atoms with Gasteiger partial charge in [0.15, 0.2) is 0 Å². The van der Waals surface area contributed by atoms with E-state index in [0.717, 1.165) is 16.8 Å². The zero-order valence-corrected chi connectivity index (χ0v) is 12.6. The highest BCUT2D eigenvalue weighted by Gasteiger charge is 2.24. The molecule has 1 amide bonds. The van der Waals surface area contributed by atoms with Crippen LogP contribution in [0.4, 0.5) is 0 Å². The maximum Gasteiger partial charge on any atom is 0.224 e. The highest BCUT2D eigenvalue weighted by molar-refractivity contribution is 6.01. The molecule has 2 aromatic carbocycles. The Labute approximate surface area is 134 Å². The molecule has 2 N–H and O–H groups in total. The third-order valence-electron chi connectivity index (χ3n) is 3.68. The first-order chi connectivity index (χ1) is 11.2. The maximum absolute atomic E-state index is 12.0. The molecule has 0 bridgehead atoms. The van der Waals surface area contributed by atoms with Gasteiger partial charge in [0.1, 0.15) is 11.9 Å². The third-order valence-corrected chi connectivity index (χ3v) is 3.68. The predicted octanol–water partition coefficient (Wildman–Crippen LogP) is 2.59. The summed E-state index contributed by atoms with van der Waals surface area (Å²) < 4.78 is 0. The van der Waals surface area contributed by atoms with Crippen LogP contribution in [-0.4, -0.2) is 22.8 Å². The van der Waals surface area contributed by atoms with E-state index in [-0.39, 0.29) is 24.2 Å². The van der Waals surface area contributed by atoms with Crippen molar-refractivity contribution in [2.45, 2.75) is 25.5 Å². The number of hydrogen-bond donors (Lipinski definition) is 2. The molecule has 0 radical (unpaired) electrons. The molecular formula is C18H18N2O3. The van der Waals surface area contributed by atoms with Crippen LogP contribution >= 0.6 is 0 Å². The number of nitrogens with one attached hydrogen (secondary N) is 1. The Morgan fingerprint density at radius 2 is 1.91 bits per heavy atom. The lowest BCUT2D eigenvalue weighted by Gasteiger charge is -2.09. The van der Waals surface area contributed by atoms with Crippen LogP contribution in [0.15, 0.2) is 59.8 Å². The van der Waals surface area contributed by atoms with E-state index in [1.807, 2.05) is 30.3 Å². The summed E-state index contributed by atoms with van der Waals surface area (Å²) in [6.07, 6.45) is 0.621. The minimum absolute atomic E-state index is 0.0546. The molecule has 2 aromatic rings. The molecule has 1 atom stereocenters. The fourth-order valence-electron chi connectivity index (χ4n) is 2.44. The number of amides is 1. The Hall–Kier alpha value is -2.82. The molecule has 0 spiro atoms. The van der Waals surface area contributed by atoms with Crippen LogP contribution in [0.5, 0.6) is 5.75 Å². The van der Waals surface area contributed by atoms with Crippen LogP contribution in [-0.2, 0) is 16.2 Å². The van der Waals surface area contributed by atoms with Crippen LogP contribution in [0.3, 0.4) is 0 Å². The van der Waals surface area contributed by atoms with Gasteiger partial charge in [0.05, 0.1) is 12.1 Å². The molecule has 5 heteroatoms. The molecule has 0 saturated heterocycles. The average Bonchev–Trinajstić information content (AvgIpc) is 3.03. The Morgan fingerprint density at radius 1 is 1.17 bits per heavy atom. The molecule has 1 unspecified atom stereocenters. The van der Waals surface area contributed by atoms with Crippen LogP contribution in [0.1, 0.15) is 24.0 Å². The van der Waals surface area contributed by atoms with Crippen molar-refractivity contribution in [1.29, 1.82) is 0 Å². The molecule has 5 nitrogen and oxygen atoms in total. The van der Waals surface area contributed by atoms with Gasteiger partial charge in [0, 0.05) is 13.0 Å². The zero-order chi connectivity index (χ0) is 16.1. The van der Waals surface area contributed by atoms with Crippen molar-refractivity contribution < 1.29 is 14.7 Å². The van der Waals surface area contributed by atoms with Crippen LogP contribution in [0, 0.1) is 0 Å². The predicted molar refractivity (Wildman–Crippen MR) is 87.0 cm³/mol. The van der Waals surface area contributed by atoms with Gasteiger partial charge in [0.25, 0.3) is 0 Å². The number of benzene rings is 2. The van der Waals surface area contributed by atoms with Gasteiger partial charge in [-0.25, -0.2) is 0 Å². The Morgan fingerprint density at radius 3 is 2.65 bits per heavy atom. The topological polar surface area (TPSA) is 70.9 Å². The summed E-state index contributed by atoms with van der Waals surface area (Å²) in [6.45, 7) is 0.512. The van der Waals surface area contributed by atoms with E-state index in [2.05, 4.69) is 10.5 Å². The number of nitrogens with zero attached hydrogens (tertiary/aromatic N) is 1. The van der Waals surface area contributed by atoms with Crippen molar-refractivity contribution in [3.05, 3.63) is 65.7 Å². The Balaban J connectivity index is 1.47. The molecule has 0 aromatic heterocycles. The first-order valence-corrected chi connectivity index (χ1v) is 7.53. The Bertz CT molecular complexity index is 696. The molecule has 0 saturated carbocycles. The van der Waals surface area contributed by atoms with Crippen molar-refractivity contribution >= 4 is 11.6 Å². The molecule has 1 heterocycles. The van der Waals surface area contributed by atoms with Crippen molar-refractivity contribution in [3.63, 3.8) is 0 Å². The minimum atomic E-state index is -0.241. The van der Waals surface area contributed by atoms with Gasteiger partial charge in [-0.2, -0.15) is 0 Å². The summed E-state index contributed by atoms with van der Waals surface area (Å²) in [5, 5.41) is 16.2. The maximum atomic E-state index is 12.0. The number of carbonyl (C=O) groups is 1. The van der Waals surface area contributed by atoms with Gasteiger partial charge < -0.3 is 15.3 Å². The highest BCUT2D eigenvalue weighted by Crippen LogP contribution is 2.20. The minimum Gasteiger partial charge on any atom is -0.508 e. The molecule has 0 aliphatic carbocycles. The normalized spacial score (nSPS) is 16.5. The highest BCUT2D eigenvalue weighted by atomic mass is 16.6. The van der Waals surface area contributed by atoms with Gasteiger partial charge in [-0.3, -0.25) is 4.79 Å². The zero-order valence-electron chi connectivity index (χ0n) is 12.6. The van der Waals surface area contributed by atoms with Gasteiger partial charge in [-0.1, -0.05) is 35.5 Å². The van der Waals surface area contributed by atoms with E-state index < -0.39 is 0 Å². The van der Waals surface area contributed by atoms with E-state index >= 15 is 0 Å². The smallest absolute Gasteiger partial charge is 0.224 e. The monoisotopic (exact) mass is 310 g/mol. The lowest BCUT2D eigenvalue weighted by atomic mass is 10.0. The van der Waals surface area contributed by atoms with Crippen LogP contribution < -0.4 is 5.32 Å². The molecule has 23 heavy (non-hydrogen) atoms. The fraction of sp³-hybridized carbons (Fsp3) is 0.222. The largest absolute Gasteiger partial charge is 0.508 e. The van der Waals surface area contributed by atoms with Crippen LogP contribution in [0.2, 0.25) is 0 Å². The first kappa shape index (κ1) is 15.1. The quantitative estimate of drug-likeness (QED) is 0.891. The second-order valence-corrected chi connectivity index (χ2v) is 5.48. The lowest BCUT2D eigenvalue weighted by molar-refractivity contribution is -0.123. The number of aromatic hydroxyl groups is 1. The number of phenols is 1. The van der Waals surface area contributed by atoms with Crippen LogP contribution in [0.25, 0.3) is 0 Å². The summed E-state index contributed by atoms with van der Waals surface area (Å²) in [5.74, 6) is 0.158. The standard InChI is InChI=1S/C18H18N2O3/c21-15-8-6-14(7-9-15)17-10-16(23-20-17)11-18(22)19-12-13-4-2-1-3-5-13/h1-9,16,21H,10-12H2,(H,19,22). The number of rotatable bonds is 5. The molecule has 1 aliphatic rings. The molecular weight excluding hydrogens is 292 g/mol. The van der Waals surface area contributed by atoms with E-state index in [1.165, 1.54) is 0 Å². The van der Waals surface area contributed by atoms with Crippen molar-refractivity contribution in [2.75, 3.05) is 0 Å². The number of phenolic OH excluding ortho intramolecular Hbond substituents is 1. The van der Waals surface area contributed by atoms with Crippen molar-refractivity contribution in [3.8, 4) is 5.75 Å². The Kier molecular flexibility index (Phi) is 4.57. The summed E-state index contributed by atoms with van der Waals surface area (Å²) in [6, 6.07) is 16.6. The fourth-order valence-corrected chi connectivity index (χ4v) is 2.44. The van der Waals surface area contributed by atoms with Crippen molar-refractivity contribution in [2.24, 2.45) is 5.16 Å². The summed E-state index contributed by atoms with van der Waals surface area (Å²) in [4.78, 5) is 17.3. The number of hydrogen-bond acceptors (Lipinski definition) is 4. The molecule has 118 valence electrons. The molecule has 3 rings (SSSR count). The number of carbonyl (C=O) groups excluding carboxylic acids is 1. The second-order valence-electron chi connectivity index (χ2n) is 5.48. The van der Waals surface area contributed by atoms with E-state index in [9.17, 15) is 9.90 Å². The summed E-state index contributed by atoms with van der Waals surface area (Å²) >= 11 is 0. The molecule has 0 fully saturated rings. The third kappa shape index (κ3) is 4.10. The van der Waals surface area contributed by atoms with E-state index in [4.69, 9.17) is 4.84 Å². The van der Waals surface area contributed by atoms with E-state index in [0.29, 0.717) is 13.0 Å². The van der Waals surface area contributed by atoms with E-state index in [1.54, 1.807) is 24.3 Å².